The zero-order chi connectivity index (χ0) is 24.6. The van der Waals surface area contributed by atoms with Crippen LogP contribution in [-0.2, 0) is 18.3 Å². The van der Waals surface area contributed by atoms with Gasteiger partial charge in [0, 0.05) is 23.0 Å². The third-order valence-corrected chi connectivity index (χ3v) is 7.69. The van der Waals surface area contributed by atoms with Crippen LogP contribution < -0.4 is 0 Å². The Morgan fingerprint density at radius 3 is 2.47 bits per heavy atom. The summed E-state index contributed by atoms with van der Waals surface area (Å²) in [6, 6.07) is 14.8. The third kappa shape index (κ3) is 4.17. The monoisotopic (exact) mass is 486 g/mol. The molecule has 3 aromatic carbocycles. The third-order valence-electron chi connectivity index (χ3n) is 7.32. The molecule has 0 saturated carbocycles. The normalized spacial score (nSPS) is 19.5. The van der Waals surface area contributed by atoms with Crippen molar-refractivity contribution >= 4 is 17.7 Å². The van der Waals surface area contributed by atoms with Crippen LogP contribution in [0.4, 0.5) is 17.6 Å². The number of halogens is 5. The molecule has 0 fully saturated rings. The van der Waals surface area contributed by atoms with Gasteiger partial charge in [0.05, 0.1) is 5.02 Å². The van der Waals surface area contributed by atoms with Gasteiger partial charge >= 0.3 is 0 Å². The Morgan fingerprint density at radius 1 is 1.12 bits per heavy atom. The van der Waals surface area contributed by atoms with E-state index >= 15 is 8.78 Å². The smallest absolute Gasteiger partial charge is 0.211 e. The summed E-state index contributed by atoms with van der Waals surface area (Å²) in [6.45, 7) is 8.01. The first kappa shape index (κ1) is 24.5. The van der Waals surface area contributed by atoms with E-state index in [1.807, 2.05) is 18.2 Å². The minimum Gasteiger partial charge on any atom is -0.211 e. The molecule has 4 rings (SSSR count). The fourth-order valence-electron chi connectivity index (χ4n) is 5.31. The molecule has 34 heavy (non-hydrogen) atoms. The van der Waals surface area contributed by atoms with Crippen LogP contribution in [0.3, 0.4) is 0 Å². The van der Waals surface area contributed by atoms with Crippen molar-refractivity contribution in [1.29, 1.82) is 0 Å². The van der Waals surface area contributed by atoms with E-state index in [1.54, 1.807) is 12.1 Å². The molecule has 3 aromatic rings. The molecule has 2 unspecified atom stereocenters. The maximum atomic E-state index is 15.9. The molecule has 0 N–H and O–H groups in total. The molecule has 0 amide bonds. The van der Waals surface area contributed by atoms with E-state index < -0.39 is 18.1 Å². The molecule has 0 aliphatic heterocycles. The zero-order valence-corrected chi connectivity index (χ0v) is 20.0. The van der Waals surface area contributed by atoms with Crippen LogP contribution in [0.25, 0.3) is 17.2 Å². The Morgan fingerprint density at radius 2 is 1.82 bits per heavy atom. The van der Waals surface area contributed by atoms with E-state index in [4.69, 9.17) is 11.6 Å². The van der Waals surface area contributed by atoms with Gasteiger partial charge in [0.15, 0.2) is 0 Å². The maximum absolute atomic E-state index is 15.9. The highest BCUT2D eigenvalue weighted by molar-refractivity contribution is 6.34. The predicted molar refractivity (Wildman–Crippen MR) is 132 cm³/mol. The fraction of sp³-hybridized carbons (Fsp3) is 0.310. The van der Waals surface area contributed by atoms with Gasteiger partial charge in [0.1, 0.15) is 11.6 Å². The highest BCUT2D eigenvalue weighted by atomic mass is 35.5. The largest absolute Gasteiger partial charge is 0.238 e. The predicted octanol–water partition coefficient (Wildman–Crippen LogP) is 9.13. The van der Waals surface area contributed by atoms with Crippen molar-refractivity contribution < 1.29 is 17.6 Å². The van der Waals surface area contributed by atoms with Crippen molar-refractivity contribution in [3.8, 4) is 11.1 Å². The second-order valence-electron chi connectivity index (χ2n) is 9.29. The first-order chi connectivity index (χ1) is 16.2. The SMILES string of the molecule is C=Cc1ccc(CCCC(F)F)c(F)c1-c1c(Cl)c(F)cc2c1C(C)C(C)(c1ccccc1)C2. The highest BCUT2D eigenvalue weighted by Crippen LogP contribution is 2.54. The molecular weight excluding hydrogens is 460 g/mol. The number of aryl methyl sites for hydroxylation is 1. The summed E-state index contributed by atoms with van der Waals surface area (Å²) in [5.74, 6) is -1.23. The van der Waals surface area contributed by atoms with Crippen LogP contribution in [0.5, 0.6) is 0 Å². The summed E-state index contributed by atoms with van der Waals surface area (Å²) < 4.78 is 56.3. The molecule has 1 aliphatic rings. The van der Waals surface area contributed by atoms with Gasteiger partial charge in [-0.05, 0) is 59.1 Å². The van der Waals surface area contributed by atoms with Gasteiger partial charge in [-0.2, -0.15) is 0 Å². The molecule has 0 nitrogen and oxygen atoms in total. The van der Waals surface area contributed by atoms with Gasteiger partial charge in [-0.25, -0.2) is 17.6 Å². The lowest BCUT2D eigenvalue weighted by atomic mass is 9.72. The molecule has 0 heterocycles. The molecule has 0 radical (unpaired) electrons. The summed E-state index contributed by atoms with van der Waals surface area (Å²) in [5.41, 5.74) is 3.75. The Labute approximate surface area is 203 Å². The van der Waals surface area contributed by atoms with Crippen molar-refractivity contribution in [2.45, 2.75) is 57.3 Å². The Kier molecular flexibility index (Phi) is 6.91. The van der Waals surface area contributed by atoms with Gasteiger partial charge < -0.3 is 0 Å². The molecule has 5 heteroatoms. The van der Waals surface area contributed by atoms with Crippen LogP contribution >= 0.6 is 11.6 Å². The number of hydrogen-bond donors (Lipinski definition) is 0. The van der Waals surface area contributed by atoms with E-state index in [9.17, 15) is 8.78 Å². The molecule has 0 spiro atoms. The van der Waals surface area contributed by atoms with Gasteiger partial charge in [0.2, 0.25) is 6.43 Å². The van der Waals surface area contributed by atoms with Gasteiger partial charge in [-0.3, -0.25) is 0 Å². The lowest BCUT2D eigenvalue weighted by Crippen LogP contribution is -2.25. The summed E-state index contributed by atoms with van der Waals surface area (Å²) in [6.07, 6.45) is -0.321. The number of alkyl halides is 2. The summed E-state index contributed by atoms with van der Waals surface area (Å²) in [5, 5.41) is -0.130. The van der Waals surface area contributed by atoms with Crippen LogP contribution in [0.2, 0.25) is 5.02 Å². The minimum absolute atomic E-state index is 0.0717. The van der Waals surface area contributed by atoms with E-state index in [-0.39, 0.29) is 41.2 Å². The van der Waals surface area contributed by atoms with Crippen LogP contribution in [0.15, 0.2) is 55.1 Å². The van der Waals surface area contributed by atoms with E-state index in [2.05, 4.69) is 32.6 Å². The lowest BCUT2D eigenvalue weighted by molar-refractivity contribution is 0.135. The highest BCUT2D eigenvalue weighted by Gasteiger charge is 2.44. The van der Waals surface area contributed by atoms with Crippen LogP contribution in [0.1, 0.15) is 60.4 Å². The average molecular weight is 487 g/mol. The molecule has 178 valence electrons. The molecule has 0 aromatic heterocycles. The number of hydrogen-bond acceptors (Lipinski definition) is 0. The van der Waals surface area contributed by atoms with Crippen molar-refractivity contribution in [3.05, 3.63) is 99.6 Å². The number of rotatable bonds is 7. The number of fused-ring (bicyclic) bond motifs is 1. The Balaban J connectivity index is 1.91. The lowest BCUT2D eigenvalue weighted by Gasteiger charge is -2.31. The topological polar surface area (TPSA) is 0 Å². The van der Waals surface area contributed by atoms with Crippen LogP contribution in [0, 0.1) is 11.6 Å². The maximum Gasteiger partial charge on any atom is 0.238 e. The number of benzene rings is 3. The second-order valence-corrected chi connectivity index (χ2v) is 9.67. The Hall–Kier alpha value is -2.59. The van der Waals surface area contributed by atoms with E-state index in [0.717, 1.165) is 16.7 Å². The molecular formula is C29H27ClF4. The second kappa shape index (κ2) is 9.58. The summed E-state index contributed by atoms with van der Waals surface area (Å²) >= 11 is 6.54. The standard InChI is InChI=1S/C29H27ClF4/c1-4-18-13-14-19(9-8-12-23(32)33)28(34)25(18)26-24-17(2)29(3,21-10-6-5-7-11-21)16-20(24)15-22(31)27(26)30/h4-7,10-11,13-15,17,23H,1,8-9,12,16H2,2-3H3. The molecule has 2 atom stereocenters. The summed E-state index contributed by atoms with van der Waals surface area (Å²) in [4.78, 5) is 0. The van der Waals surface area contributed by atoms with E-state index in [1.165, 1.54) is 12.1 Å². The minimum atomic E-state index is -2.44. The van der Waals surface area contributed by atoms with Crippen molar-refractivity contribution in [1.82, 2.24) is 0 Å². The quantitative estimate of drug-likeness (QED) is 0.292. The summed E-state index contributed by atoms with van der Waals surface area (Å²) in [7, 11) is 0. The zero-order valence-electron chi connectivity index (χ0n) is 19.3. The van der Waals surface area contributed by atoms with Gasteiger partial charge in [0.25, 0.3) is 0 Å². The first-order valence-corrected chi connectivity index (χ1v) is 11.9. The first-order valence-electron chi connectivity index (χ1n) is 11.5. The van der Waals surface area contributed by atoms with Crippen molar-refractivity contribution in [2.75, 3.05) is 0 Å². The Bertz CT molecular complexity index is 1220. The fourth-order valence-corrected chi connectivity index (χ4v) is 5.56. The molecule has 0 saturated heterocycles. The average Bonchev–Trinajstić information content (AvgIpc) is 3.07. The molecule has 1 aliphatic carbocycles. The van der Waals surface area contributed by atoms with Gasteiger partial charge in [-0.15, -0.1) is 0 Å². The van der Waals surface area contributed by atoms with Crippen molar-refractivity contribution in [2.24, 2.45) is 0 Å². The molecule has 0 bridgehead atoms. The van der Waals surface area contributed by atoms with Gasteiger partial charge in [-0.1, -0.05) is 80.6 Å². The van der Waals surface area contributed by atoms with E-state index in [0.29, 0.717) is 23.1 Å². The van der Waals surface area contributed by atoms with Crippen molar-refractivity contribution in [3.63, 3.8) is 0 Å². The van der Waals surface area contributed by atoms with Crippen LogP contribution in [-0.4, -0.2) is 6.43 Å².